The Morgan fingerprint density at radius 1 is 1.00 bits per heavy atom. The molecule has 1 aromatic carbocycles. The summed E-state index contributed by atoms with van der Waals surface area (Å²) in [5.41, 5.74) is 0.0672. The highest BCUT2D eigenvalue weighted by Crippen LogP contribution is 2.42. The molecule has 4 nitrogen and oxygen atoms in total. The van der Waals surface area contributed by atoms with Crippen LogP contribution in [0.2, 0.25) is 0 Å². The van der Waals surface area contributed by atoms with Crippen molar-refractivity contribution in [2.75, 3.05) is 32.8 Å². The Bertz CT molecular complexity index is 531. The second-order valence-corrected chi connectivity index (χ2v) is 6.53. The maximum atomic E-state index is 11.4. The molecule has 1 unspecified atom stereocenters. The molecule has 0 amide bonds. The lowest BCUT2D eigenvalue weighted by atomic mass is 9.78. The highest BCUT2D eigenvalue weighted by Gasteiger charge is 2.39. The molecule has 0 saturated heterocycles. The highest BCUT2D eigenvalue weighted by molar-refractivity contribution is 5.85. The van der Waals surface area contributed by atoms with Crippen LogP contribution in [-0.2, 0) is 5.60 Å². The third-order valence-electron chi connectivity index (χ3n) is 4.92. The Kier molecular flexibility index (Phi) is 10.1. The van der Waals surface area contributed by atoms with E-state index in [2.05, 4.69) is 11.8 Å². The normalized spacial score (nSPS) is 16.8. The Hall–Kier alpha value is -1.09. The SMILES string of the molecule is Cl.OCCN(CC#CCC(O)(c1ccccc1)C1CCCC1)CCO. The Labute approximate surface area is 157 Å². The Balaban J connectivity index is 0.00000312. The second kappa shape index (κ2) is 11.5. The van der Waals surface area contributed by atoms with E-state index in [-0.39, 0.29) is 31.5 Å². The van der Waals surface area contributed by atoms with Gasteiger partial charge >= 0.3 is 0 Å². The minimum atomic E-state index is -0.885. The monoisotopic (exact) mass is 367 g/mol. The Morgan fingerprint density at radius 2 is 1.60 bits per heavy atom. The summed E-state index contributed by atoms with van der Waals surface area (Å²) in [5.74, 6) is 6.51. The predicted molar refractivity (Wildman–Crippen MR) is 103 cm³/mol. The zero-order valence-electron chi connectivity index (χ0n) is 14.7. The van der Waals surface area contributed by atoms with Crippen LogP contribution in [0.4, 0.5) is 0 Å². The molecule has 1 fully saturated rings. The van der Waals surface area contributed by atoms with E-state index >= 15 is 0 Å². The predicted octanol–water partition coefficient (Wildman–Crippen LogP) is 2.17. The smallest absolute Gasteiger partial charge is 0.103 e. The molecule has 0 heterocycles. The van der Waals surface area contributed by atoms with E-state index in [0.717, 1.165) is 18.4 Å². The number of benzene rings is 1. The van der Waals surface area contributed by atoms with E-state index in [9.17, 15) is 5.11 Å². The molecule has 5 heteroatoms. The molecule has 1 saturated carbocycles. The fraction of sp³-hybridized carbons (Fsp3) is 0.600. The van der Waals surface area contributed by atoms with Crippen LogP contribution >= 0.6 is 12.4 Å². The van der Waals surface area contributed by atoms with Gasteiger partial charge in [0.2, 0.25) is 0 Å². The fourth-order valence-corrected chi connectivity index (χ4v) is 3.53. The first-order chi connectivity index (χ1) is 11.7. The van der Waals surface area contributed by atoms with Gasteiger partial charge in [-0.1, -0.05) is 55.0 Å². The first-order valence-corrected chi connectivity index (χ1v) is 8.88. The van der Waals surface area contributed by atoms with Gasteiger partial charge in [-0.3, -0.25) is 4.90 Å². The molecule has 0 bridgehead atoms. The summed E-state index contributed by atoms with van der Waals surface area (Å²) < 4.78 is 0. The van der Waals surface area contributed by atoms with Crippen LogP contribution < -0.4 is 0 Å². The van der Waals surface area contributed by atoms with Crippen LogP contribution in [0.5, 0.6) is 0 Å². The number of rotatable bonds is 8. The number of hydrogen-bond donors (Lipinski definition) is 3. The lowest BCUT2D eigenvalue weighted by Gasteiger charge is -2.33. The van der Waals surface area contributed by atoms with Crippen LogP contribution in [0, 0.1) is 17.8 Å². The standard InChI is InChI=1S/C20H29NO3.ClH/c22-16-14-21(15-17-23)13-7-6-12-20(24,19-10-4-5-11-19)18-8-2-1-3-9-18;/h1-3,8-9,19,22-24H,4-5,10-17H2;1H. The van der Waals surface area contributed by atoms with E-state index in [4.69, 9.17) is 10.2 Å². The van der Waals surface area contributed by atoms with Crippen molar-refractivity contribution < 1.29 is 15.3 Å². The molecule has 140 valence electrons. The maximum absolute atomic E-state index is 11.4. The molecular formula is C20H30ClNO3. The number of aliphatic hydroxyl groups excluding tert-OH is 2. The van der Waals surface area contributed by atoms with E-state index in [0.29, 0.717) is 26.1 Å². The molecule has 0 spiro atoms. The number of nitrogens with zero attached hydrogens (tertiary/aromatic N) is 1. The van der Waals surface area contributed by atoms with Crippen molar-refractivity contribution in [2.24, 2.45) is 5.92 Å². The van der Waals surface area contributed by atoms with E-state index in [1.807, 2.05) is 35.2 Å². The van der Waals surface area contributed by atoms with Crippen LogP contribution in [-0.4, -0.2) is 53.1 Å². The first kappa shape index (κ1) is 22.0. The topological polar surface area (TPSA) is 63.9 Å². The van der Waals surface area contributed by atoms with Gasteiger partial charge in [-0.15, -0.1) is 12.4 Å². The zero-order chi connectivity index (χ0) is 17.3. The van der Waals surface area contributed by atoms with Crippen molar-refractivity contribution in [2.45, 2.75) is 37.7 Å². The van der Waals surface area contributed by atoms with Crippen molar-refractivity contribution in [1.82, 2.24) is 4.90 Å². The van der Waals surface area contributed by atoms with Gasteiger partial charge in [-0.05, 0) is 24.3 Å². The molecular weight excluding hydrogens is 338 g/mol. The third kappa shape index (κ3) is 6.29. The summed E-state index contributed by atoms with van der Waals surface area (Å²) in [6.07, 6.45) is 4.87. The summed E-state index contributed by atoms with van der Waals surface area (Å²) in [6, 6.07) is 9.87. The molecule has 3 N–H and O–H groups in total. The minimum Gasteiger partial charge on any atom is -0.395 e. The first-order valence-electron chi connectivity index (χ1n) is 8.88. The lowest BCUT2D eigenvalue weighted by molar-refractivity contribution is -0.0173. The molecule has 1 atom stereocenters. The van der Waals surface area contributed by atoms with Crippen molar-refractivity contribution in [1.29, 1.82) is 0 Å². The van der Waals surface area contributed by atoms with Crippen molar-refractivity contribution in [3.8, 4) is 11.8 Å². The molecule has 0 aromatic heterocycles. The molecule has 1 aromatic rings. The van der Waals surface area contributed by atoms with Gasteiger partial charge in [-0.25, -0.2) is 0 Å². The molecule has 2 rings (SSSR count). The zero-order valence-corrected chi connectivity index (χ0v) is 15.5. The molecule has 25 heavy (non-hydrogen) atoms. The number of aliphatic hydroxyl groups is 3. The molecule has 1 aliphatic carbocycles. The van der Waals surface area contributed by atoms with Crippen LogP contribution in [0.15, 0.2) is 30.3 Å². The fourth-order valence-electron chi connectivity index (χ4n) is 3.53. The van der Waals surface area contributed by atoms with Crippen molar-refractivity contribution >= 4 is 12.4 Å². The van der Waals surface area contributed by atoms with Gasteiger partial charge in [0.25, 0.3) is 0 Å². The minimum absolute atomic E-state index is 0. The van der Waals surface area contributed by atoms with Crippen LogP contribution in [0.1, 0.15) is 37.7 Å². The second-order valence-electron chi connectivity index (χ2n) is 6.53. The summed E-state index contributed by atoms with van der Waals surface area (Å²) in [4.78, 5) is 1.91. The highest BCUT2D eigenvalue weighted by atomic mass is 35.5. The summed E-state index contributed by atoms with van der Waals surface area (Å²) in [5, 5.41) is 29.4. The van der Waals surface area contributed by atoms with Gasteiger partial charge in [0.05, 0.1) is 19.8 Å². The van der Waals surface area contributed by atoms with Gasteiger partial charge in [0.15, 0.2) is 0 Å². The largest absolute Gasteiger partial charge is 0.395 e. The average molecular weight is 368 g/mol. The number of hydrogen-bond acceptors (Lipinski definition) is 4. The maximum Gasteiger partial charge on any atom is 0.103 e. The molecule has 0 radical (unpaired) electrons. The van der Waals surface area contributed by atoms with Gasteiger partial charge in [-0.2, -0.15) is 0 Å². The molecule has 1 aliphatic rings. The summed E-state index contributed by atoms with van der Waals surface area (Å²) in [7, 11) is 0. The van der Waals surface area contributed by atoms with Gasteiger partial charge in [0.1, 0.15) is 5.60 Å². The average Bonchev–Trinajstić information content (AvgIpc) is 3.15. The van der Waals surface area contributed by atoms with Gasteiger partial charge in [0, 0.05) is 19.5 Å². The van der Waals surface area contributed by atoms with Crippen molar-refractivity contribution in [3.63, 3.8) is 0 Å². The van der Waals surface area contributed by atoms with E-state index in [1.54, 1.807) is 0 Å². The van der Waals surface area contributed by atoms with Crippen molar-refractivity contribution in [3.05, 3.63) is 35.9 Å². The Morgan fingerprint density at radius 3 is 2.16 bits per heavy atom. The summed E-state index contributed by atoms with van der Waals surface area (Å²) >= 11 is 0. The summed E-state index contributed by atoms with van der Waals surface area (Å²) in [6.45, 7) is 1.60. The van der Waals surface area contributed by atoms with Crippen LogP contribution in [0.25, 0.3) is 0 Å². The lowest BCUT2D eigenvalue weighted by Crippen LogP contribution is -2.33. The molecule has 0 aliphatic heterocycles. The van der Waals surface area contributed by atoms with Crippen LogP contribution in [0.3, 0.4) is 0 Å². The van der Waals surface area contributed by atoms with E-state index < -0.39 is 5.60 Å². The quantitative estimate of drug-likeness (QED) is 0.616. The van der Waals surface area contributed by atoms with E-state index in [1.165, 1.54) is 12.8 Å². The third-order valence-corrected chi connectivity index (χ3v) is 4.92. The van der Waals surface area contributed by atoms with Gasteiger partial charge < -0.3 is 15.3 Å². The number of halogens is 1.